The van der Waals surface area contributed by atoms with Crippen LogP contribution in [0.25, 0.3) is 10.2 Å². The lowest BCUT2D eigenvalue weighted by Gasteiger charge is -2.36. The molecule has 1 aromatic heterocycles. The fraction of sp³-hybridized carbons (Fsp3) is 0.500. The van der Waals surface area contributed by atoms with E-state index >= 15 is 0 Å². The van der Waals surface area contributed by atoms with Gasteiger partial charge in [0, 0.05) is 20.2 Å². The molecule has 1 aliphatic rings. The number of hydrogen-bond acceptors (Lipinski definition) is 4. The lowest BCUT2D eigenvalue weighted by atomic mass is 10.0. The summed E-state index contributed by atoms with van der Waals surface area (Å²) in [4.78, 5) is 7.13. The van der Waals surface area contributed by atoms with Crippen molar-refractivity contribution >= 4 is 38.9 Å². The third-order valence-electron chi connectivity index (χ3n) is 3.94. The summed E-state index contributed by atoms with van der Waals surface area (Å²) < 4.78 is 6.33. The highest BCUT2D eigenvalue weighted by Gasteiger charge is 2.28. The van der Waals surface area contributed by atoms with E-state index in [9.17, 15) is 0 Å². The van der Waals surface area contributed by atoms with Gasteiger partial charge in [-0.2, -0.15) is 0 Å². The monoisotopic (exact) mass is 335 g/mol. The Kier molecular flexibility index (Phi) is 5.23. The molecule has 1 atom stereocenters. The third-order valence-corrected chi connectivity index (χ3v) is 5.46. The van der Waals surface area contributed by atoms with Crippen LogP contribution in [-0.4, -0.2) is 41.8 Å². The van der Waals surface area contributed by atoms with Gasteiger partial charge >= 0.3 is 0 Å². The van der Waals surface area contributed by atoms with Gasteiger partial charge in [0.15, 0.2) is 5.11 Å². The summed E-state index contributed by atoms with van der Waals surface area (Å²) in [6.45, 7) is 2.41. The van der Waals surface area contributed by atoms with Crippen molar-refractivity contribution in [2.75, 3.05) is 26.8 Å². The molecule has 0 amide bonds. The van der Waals surface area contributed by atoms with E-state index in [1.54, 1.807) is 18.4 Å². The summed E-state index contributed by atoms with van der Waals surface area (Å²) >= 11 is 7.37. The Labute approximate surface area is 140 Å². The van der Waals surface area contributed by atoms with Gasteiger partial charge in [0.25, 0.3) is 0 Å². The van der Waals surface area contributed by atoms with Crippen molar-refractivity contribution in [2.45, 2.75) is 25.3 Å². The smallest absolute Gasteiger partial charge is 0.169 e. The number of nitrogens with one attached hydrogen (secondary N) is 1. The lowest BCUT2D eigenvalue weighted by Crippen LogP contribution is -2.45. The first-order valence-electron chi connectivity index (χ1n) is 7.68. The molecule has 2 heterocycles. The van der Waals surface area contributed by atoms with Crippen LogP contribution < -0.4 is 5.32 Å². The van der Waals surface area contributed by atoms with Crippen LogP contribution in [0.2, 0.25) is 0 Å². The fourth-order valence-corrected chi connectivity index (χ4v) is 4.26. The van der Waals surface area contributed by atoms with Crippen LogP contribution in [0.1, 0.15) is 30.3 Å². The second-order valence-electron chi connectivity index (χ2n) is 5.45. The topological polar surface area (TPSA) is 37.4 Å². The van der Waals surface area contributed by atoms with Crippen LogP contribution >= 0.6 is 23.6 Å². The number of thiocarbonyl (C=S) groups is 1. The summed E-state index contributed by atoms with van der Waals surface area (Å²) in [5.74, 6) is 0. The van der Waals surface area contributed by atoms with Crippen LogP contribution in [0, 0.1) is 0 Å². The van der Waals surface area contributed by atoms with Crippen molar-refractivity contribution in [3.63, 3.8) is 0 Å². The lowest BCUT2D eigenvalue weighted by molar-refractivity contribution is 0.199. The number of rotatable bonds is 4. The summed E-state index contributed by atoms with van der Waals surface area (Å²) in [6, 6.07) is 8.63. The minimum Gasteiger partial charge on any atom is -0.383 e. The Morgan fingerprint density at radius 2 is 2.32 bits per heavy atom. The first kappa shape index (κ1) is 15.6. The molecule has 6 heteroatoms. The van der Waals surface area contributed by atoms with Gasteiger partial charge in [-0.25, -0.2) is 4.98 Å². The zero-order chi connectivity index (χ0) is 15.4. The standard InChI is InChI=1S/C16H21N3OS2/c1-20-11-9-17-16(21)19-10-5-4-7-13(19)15-18-12-6-2-3-8-14(12)22-15/h2-3,6,8,13H,4-5,7,9-11H2,1H3,(H,17,21)/t13-/m0/s1. The van der Waals surface area contributed by atoms with Crippen molar-refractivity contribution in [3.05, 3.63) is 29.3 Å². The number of fused-ring (bicyclic) bond motifs is 1. The number of nitrogens with zero attached hydrogens (tertiary/aromatic N) is 2. The fourth-order valence-electron chi connectivity index (χ4n) is 2.83. The molecular formula is C16H21N3OS2. The highest BCUT2D eigenvalue weighted by Crippen LogP contribution is 2.35. The second kappa shape index (κ2) is 7.35. The number of ether oxygens (including phenoxy) is 1. The van der Waals surface area contributed by atoms with Gasteiger partial charge in [0.1, 0.15) is 5.01 Å². The van der Waals surface area contributed by atoms with Crippen LogP contribution in [-0.2, 0) is 4.74 Å². The maximum atomic E-state index is 5.58. The molecule has 1 aliphatic heterocycles. The molecule has 0 spiro atoms. The number of para-hydroxylation sites is 1. The summed E-state index contributed by atoms with van der Waals surface area (Å²) in [6.07, 6.45) is 3.54. The minimum atomic E-state index is 0.300. The van der Waals surface area contributed by atoms with Gasteiger partial charge in [-0.15, -0.1) is 11.3 Å². The van der Waals surface area contributed by atoms with Crippen LogP contribution in [0.5, 0.6) is 0 Å². The number of hydrogen-bond donors (Lipinski definition) is 1. The Morgan fingerprint density at radius 1 is 1.45 bits per heavy atom. The molecule has 3 rings (SSSR count). The van der Waals surface area contributed by atoms with Gasteiger partial charge in [-0.05, 0) is 43.6 Å². The van der Waals surface area contributed by atoms with E-state index in [2.05, 4.69) is 28.4 Å². The molecule has 118 valence electrons. The molecule has 1 saturated heterocycles. The van der Waals surface area contributed by atoms with Crippen LogP contribution in [0.15, 0.2) is 24.3 Å². The summed E-state index contributed by atoms with van der Waals surface area (Å²) in [5, 5.41) is 5.29. The summed E-state index contributed by atoms with van der Waals surface area (Å²) in [5.41, 5.74) is 1.09. The van der Waals surface area contributed by atoms with E-state index in [-0.39, 0.29) is 0 Å². The van der Waals surface area contributed by atoms with Gasteiger partial charge in [0.2, 0.25) is 0 Å². The molecule has 1 fully saturated rings. The Bertz CT molecular complexity index is 610. The van der Waals surface area contributed by atoms with Crippen molar-refractivity contribution in [1.29, 1.82) is 0 Å². The molecule has 1 aromatic carbocycles. The average molecular weight is 335 g/mol. The first-order valence-corrected chi connectivity index (χ1v) is 8.91. The zero-order valence-corrected chi connectivity index (χ0v) is 14.4. The maximum Gasteiger partial charge on any atom is 0.169 e. The van der Waals surface area contributed by atoms with E-state index in [1.165, 1.54) is 22.5 Å². The van der Waals surface area contributed by atoms with Crippen molar-refractivity contribution in [2.24, 2.45) is 0 Å². The average Bonchev–Trinajstić information content (AvgIpc) is 2.99. The molecule has 1 N–H and O–H groups in total. The number of thiazole rings is 1. The number of methoxy groups -OCH3 is 1. The number of likely N-dealkylation sites (tertiary alicyclic amines) is 1. The zero-order valence-electron chi connectivity index (χ0n) is 12.7. The van der Waals surface area contributed by atoms with Gasteiger partial charge in [0.05, 0.1) is 22.9 Å². The van der Waals surface area contributed by atoms with E-state index < -0.39 is 0 Å². The molecule has 0 unspecified atom stereocenters. The Hall–Kier alpha value is -1.24. The van der Waals surface area contributed by atoms with Gasteiger partial charge in [-0.1, -0.05) is 12.1 Å². The van der Waals surface area contributed by atoms with Crippen molar-refractivity contribution in [3.8, 4) is 0 Å². The van der Waals surface area contributed by atoms with Gasteiger partial charge < -0.3 is 15.0 Å². The van der Waals surface area contributed by atoms with E-state index in [0.29, 0.717) is 12.6 Å². The third kappa shape index (κ3) is 3.39. The molecule has 0 bridgehead atoms. The predicted octanol–water partition coefficient (Wildman–Crippen LogP) is 3.34. The molecule has 22 heavy (non-hydrogen) atoms. The van der Waals surface area contributed by atoms with Crippen molar-refractivity contribution < 1.29 is 4.74 Å². The second-order valence-corrected chi connectivity index (χ2v) is 6.90. The molecule has 2 aromatic rings. The maximum absolute atomic E-state index is 5.58. The number of benzene rings is 1. The molecule has 0 radical (unpaired) electrons. The SMILES string of the molecule is COCCNC(=S)N1CCCC[C@H]1c1nc2ccccc2s1. The minimum absolute atomic E-state index is 0.300. The van der Waals surface area contributed by atoms with E-state index in [1.807, 2.05) is 6.07 Å². The predicted molar refractivity (Wildman–Crippen MR) is 95.4 cm³/mol. The normalized spacial score (nSPS) is 18.6. The first-order chi connectivity index (χ1) is 10.8. The molecule has 0 saturated carbocycles. The van der Waals surface area contributed by atoms with Crippen molar-refractivity contribution in [1.82, 2.24) is 15.2 Å². The number of aromatic nitrogens is 1. The molecular weight excluding hydrogens is 314 g/mol. The highest BCUT2D eigenvalue weighted by atomic mass is 32.1. The van der Waals surface area contributed by atoms with Gasteiger partial charge in [-0.3, -0.25) is 0 Å². The number of piperidine rings is 1. The molecule has 4 nitrogen and oxygen atoms in total. The van der Waals surface area contributed by atoms with Crippen LogP contribution in [0.3, 0.4) is 0 Å². The molecule has 0 aliphatic carbocycles. The summed E-state index contributed by atoms with van der Waals surface area (Å²) in [7, 11) is 1.70. The largest absolute Gasteiger partial charge is 0.383 e. The Balaban J connectivity index is 1.78. The quantitative estimate of drug-likeness (QED) is 0.685. The van der Waals surface area contributed by atoms with E-state index in [0.717, 1.165) is 30.1 Å². The highest BCUT2D eigenvalue weighted by molar-refractivity contribution is 7.80. The van der Waals surface area contributed by atoms with Crippen LogP contribution in [0.4, 0.5) is 0 Å². The van der Waals surface area contributed by atoms with E-state index in [4.69, 9.17) is 21.9 Å². The Morgan fingerprint density at radius 3 is 3.14 bits per heavy atom.